The van der Waals surface area contributed by atoms with E-state index in [1.807, 2.05) is 0 Å². The van der Waals surface area contributed by atoms with Crippen LogP contribution in [0.3, 0.4) is 0 Å². The molecular formula is C14H25N3O4. The van der Waals surface area contributed by atoms with Crippen LogP contribution in [0, 0.1) is 0 Å². The van der Waals surface area contributed by atoms with Gasteiger partial charge in [0.15, 0.2) is 0 Å². The first-order chi connectivity index (χ1) is 9.54. The van der Waals surface area contributed by atoms with Crippen molar-refractivity contribution in [3.8, 4) is 0 Å². The molecule has 0 aromatic carbocycles. The molecular weight excluding hydrogens is 274 g/mol. The summed E-state index contributed by atoms with van der Waals surface area (Å²) in [5, 5.41) is 12.4. The minimum Gasteiger partial charge on any atom is -0.389 e. The molecule has 1 unspecified atom stereocenters. The van der Waals surface area contributed by atoms with Crippen LogP contribution < -0.4 is 5.32 Å². The van der Waals surface area contributed by atoms with Crippen LogP contribution in [0.15, 0.2) is 0 Å². The van der Waals surface area contributed by atoms with Gasteiger partial charge in [-0.25, -0.2) is 4.79 Å². The van der Waals surface area contributed by atoms with E-state index in [0.717, 1.165) is 4.90 Å². The van der Waals surface area contributed by atoms with Crippen molar-refractivity contribution in [2.24, 2.45) is 0 Å². The van der Waals surface area contributed by atoms with E-state index in [2.05, 4.69) is 5.32 Å². The maximum absolute atomic E-state index is 12.2. The third-order valence-electron chi connectivity index (χ3n) is 3.66. The van der Waals surface area contributed by atoms with Crippen LogP contribution in [-0.2, 0) is 9.59 Å². The molecule has 0 bridgehead atoms. The number of urea groups is 1. The lowest BCUT2D eigenvalue weighted by atomic mass is 9.99. The quantitative estimate of drug-likeness (QED) is 0.691. The Bertz CT molecular complexity index is 444. The van der Waals surface area contributed by atoms with Gasteiger partial charge < -0.3 is 15.3 Å². The molecule has 21 heavy (non-hydrogen) atoms. The van der Waals surface area contributed by atoms with E-state index >= 15 is 0 Å². The van der Waals surface area contributed by atoms with E-state index < -0.39 is 17.2 Å². The SMILES string of the molecule is CCN(CC(C)(C)O)C(=O)CN1C(=O)NC(C)(CC)C1=O. The Hall–Kier alpha value is -1.63. The average Bonchev–Trinajstić information content (AvgIpc) is 2.59. The maximum atomic E-state index is 12.2. The molecule has 0 saturated carbocycles. The zero-order valence-electron chi connectivity index (χ0n) is 13.4. The smallest absolute Gasteiger partial charge is 0.325 e. The zero-order chi connectivity index (χ0) is 16.4. The summed E-state index contributed by atoms with van der Waals surface area (Å²) in [6.45, 7) is 8.68. The first kappa shape index (κ1) is 17.4. The van der Waals surface area contributed by atoms with Gasteiger partial charge in [-0.15, -0.1) is 0 Å². The summed E-state index contributed by atoms with van der Waals surface area (Å²) in [6, 6.07) is -0.544. The maximum Gasteiger partial charge on any atom is 0.325 e. The van der Waals surface area contributed by atoms with Gasteiger partial charge >= 0.3 is 6.03 Å². The monoisotopic (exact) mass is 299 g/mol. The van der Waals surface area contributed by atoms with E-state index in [1.54, 1.807) is 34.6 Å². The minimum atomic E-state index is -1.03. The Morgan fingerprint density at radius 3 is 2.33 bits per heavy atom. The van der Waals surface area contributed by atoms with Crippen molar-refractivity contribution >= 4 is 17.8 Å². The van der Waals surface area contributed by atoms with Crippen LogP contribution in [0.5, 0.6) is 0 Å². The number of amides is 4. The number of hydrogen-bond acceptors (Lipinski definition) is 4. The van der Waals surface area contributed by atoms with Crippen molar-refractivity contribution in [3.05, 3.63) is 0 Å². The van der Waals surface area contributed by atoms with Gasteiger partial charge in [0.05, 0.1) is 5.60 Å². The molecule has 4 amide bonds. The number of carbonyl (C=O) groups is 3. The van der Waals surface area contributed by atoms with E-state index in [-0.39, 0.29) is 24.9 Å². The molecule has 0 radical (unpaired) electrons. The summed E-state index contributed by atoms with van der Waals surface area (Å²) >= 11 is 0. The molecule has 7 nitrogen and oxygen atoms in total. The summed E-state index contributed by atoms with van der Waals surface area (Å²) < 4.78 is 0. The second kappa shape index (κ2) is 6.01. The van der Waals surface area contributed by atoms with Crippen molar-refractivity contribution in [2.45, 2.75) is 52.2 Å². The zero-order valence-corrected chi connectivity index (χ0v) is 13.4. The fourth-order valence-corrected chi connectivity index (χ4v) is 2.21. The topological polar surface area (TPSA) is 89.9 Å². The second-order valence-corrected chi connectivity index (χ2v) is 6.23. The summed E-state index contributed by atoms with van der Waals surface area (Å²) in [7, 11) is 0. The molecule has 1 atom stereocenters. The molecule has 2 N–H and O–H groups in total. The molecule has 1 rings (SSSR count). The van der Waals surface area contributed by atoms with Gasteiger partial charge in [-0.1, -0.05) is 6.92 Å². The highest BCUT2D eigenvalue weighted by molar-refractivity contribution is 6.08. The van der Waals surface area contributed by atoms with Crippen LogP contribution in [-0.4, -0.2) is 63.5 Å². The number of nitrogens with one attached hydrogen (secondary N) is 1. The first-order valence-electron chi connectivity index (χ1n) is 7.18. The molecule has 1 saturated heterocycles. The van der Waals surface area contributed by atoms with Crippen LogP contribution in [0.25, 0.3) is 0 Å². The highest BCUT2D eigenvalue weighted by atomic mass is 16.3. The summed E-state index contributed by atoms with van der Waals surface area (Å²) in [4.78, 5) is 38.7. The Kier molecular flexibility index (Phi) is 4.99. The lowest BCUT2D eigenvalue weighted by Crippen LogP contribution is -2.48. The van der Waals surface area contributed by atoms with Gasteiger partial charge in [-0.2, -0.15) is 0 Å². The highest BCUT2D eigenvalue weighted by Gasteiger charge is 2.47. The number of nitrogens with zero attached hydrogens (tertiary/aromatic N) is 2. The van der Waals surface area contributed by atoms with Gasteiger partial charge in [-0.3, -0.25) is 14.5 Å². The van der Waals surface area contributed by atoms with Gasteiger partial charge in [0, 0.05) is 13.1 Å². The number of carbonyl (C=O) groups excluding carboxylic acids is 3. The van der Waals surface area contributed by atoms with Crippen LogP contribution in [0.4, 0.5) is 4.79 Å². The predicted octanol–water partition coefficient (Wildman–Crippen LogP) is 0.326. The van der Waals surface area contributed by atoms with Crippen LogP contribution >= 0.6 is 0 Å². The fourth-order valence-electron chi connectivity index (χ4n) is 2.21. The van der Waals surface area contributed by atoms with E-state index in [9.17, 15) is 19.5 Å². The summed E-state index contributed by atoms with van der Waals surface area (Å²) in [5.41, 5.74) is -1.97. The Morgan fingerprint density at radius 2 is 1.95 bits per heavy atom. The molecule has 0 spiro atoms. The third-order valence-corrected chi connectivity index (χ3v) is 3.66. The van der Waals surface area contributed by atoms with Crippen LogP contribution in [0.1, 0.15) is 41.0 Å². The molecule has 0 aliphatic carbocycles. The molecule has 1 aliphatic rings. The van der Waals surface area contributed by atoms with Crippen LogP contribution in [0.2, 0.25) is 0 Å². The number of likely N-dealkylation sites (N-methyl/N-ethyl adjacent to an activating group) is 1. The number of rotatable bonds is 6. The number of imide groups is 1. The largest absolute Gasteiger partial charge is 0.389 e. The standard InChI is InChI=1S/C14H25N3O4/c1-6-14(5)11(19)17(12(20)15-14)8-10(18)16(7-2)9-13(3,4)21/h21H,6-9H2,1-5H3,(H,15,20). The number of aliphatic hydroxyl groups is 1. The van der Waals surface area contributed by atoms with E-state index in [4.69, 9.17) is 0 Å². The van der Waals surface area contributed by atoms with Crippen molar-refractivity contribution < 1.29 is 19.5 Å². The Labute approximate surface area is 125 Å². The second-order valence-electron chi connectivity index (χ2n) is 6.23. The van der Waals surface area contributed by atoms with Crippen molar-refractivity contribution in [1.82, 2.24) is 15.1 Å². The lowest BCUT2D eigenvalue weighted by molar-refractivity contribution is -0.140. The number of hydrogen-bond donors (Lipinski definition) is 2. The van der Waals surface area contributed by atoms with Gasteiger partial charge in [0.2, 0.25) is 5.91 Å². The molecule has 7 heteroatoms. The molecule has 0 aromatic heterocycles. The molecule has 120 valence electrons. The molecule has 1 aliphatic heterocycles. The third kappa shape index (κ3) is 3.93. The Morgan fingerprint density at radius 1 is 1.38 bits per heavy atom. The highest BCUT2D eigenvalue weighted by Crippen LogP contribution is 2.20. The van der Waals surface area contributed by atoms with Gasteiger partial charge in [0.1, 0.15) is 12.1 Å². The van der Waals surface area contributed by atoms with Crippen molar-refractivity contribution in [1.29, 1.82) is 0 Å². The first-order valence-corrected chi connectivity index (χ1v) is 7.18. The fraction of sp³-hybridized carbons (Fsp3) is 0.786. The molecule has 0 aromatic rings. The van der Waals surface area contributed by atoms with E-state index in [0.29, 0.717) is 13.0 Å². The normalized spacial score (nSPS) is 22.5. The summed E-state index contributed by atoms with van der Waals surface area (Å²) in [6.07, 6.45) is 0.462. The van der Waals surface area contributed by atoms with Crippen molar-refractivity contribution in [3.63, 3.8) is 0 Å². The van der Waals surface area contributed by atoms with Gasteiger partial charge in [-0.05, 0) is 34.1 Å². The lowest BCUT2D eigenvalue weighted by Gasteiger charge is -2.29. The van der Waals surface area contributed by atoms with Gasteiger partial charge in [0.25, 0.3) is 5.91 Å². The average molecular weight is 299 g/mol. The van der Waals surface area contributed by atoms with Crippen molar-refractivity contribution in [2.75, 3.05) is 19.6 Å². The minimum absolute atomic E-state index is 0.150. The Balaban J connectivity index is 2.78. The molecule has 1 heterocycles. The predicted molar refractivity (Wildman–Crippen MR) is 77.5 cm³/mol. The molecule has 1 fully saturated rings. The van der Waals surface area contributed by atoms with E-state index in [1.165, 1.54) is 4.90 Å². The summed E-state index contributed by atoms with van der Waals surface area (Å²) in [5.74, 6) is -0.744.